The molecule has 0 bridgehead atoms. The molecule has 0 fully saturated rings. The number of benzene rings is 2. The summed E-state index contributed by atoms with van der Waals surface area (Å²) >= 11 is 0. The number of ketones is 1. The first kappa shape index (κ1) is 13.8. The quantitative estimate of drug-likeness (QED) is 0.726. The third-order valence-corrected chi connectivity index (χ3v) is 3.23. The van der Waals surface area contributed by atoms with Crippen LogP contribution in [0.2, 0.25) is 0 Å². The van der Waals surface area contributed by atoms with Crippen molar-refractivity contribution in [2.45, 2.75) is 6.92 Å². The maximum atomic E-state index is 12.2. The molecule has 110 valence electrons. The zero-order chi connectivity index (χ0) is 15.7. The molecular formula is C16H12N2O4. The Morgan fingerprint density at radius 1 is 1.05 bits per heavy atom. The molecule has 22 heavy (non-hydrogen) atoms. The van der Waals surface area contributed by atoms with E-state index in [0.717, 1.165) is 0 Å². The van der Waals surface area contributed by atoms with Gasteiger partial charge in [0.05, 0.1) is 5.52 Å². The zero-order valence-corrected chi connectivity index (χ0v) is 11.7. The summed E-state index contributed by atoms with van der Waals surface area (Å²) in [6.45, 7) is 1.48. The molecule has 0 spiro atoms. The second-order valence-electron chi connectivity index (χ2n) is 4.81. The molecule has 3 aromatic rings. The number of nitrogens with one attached hydrogen (secondary N) is 2. The molecule has 0 aliphatic carbocycles. The normalized spacial score (nSPS) is 10.6. The summed E-state index contributed by atoms with van der Waals surface area (Å²) < 4.78 is 4.92. The van der Waals surface area contributed by atoms with Gasteiger partial charge in [0.25, 0.3) is 5.91 Å². The Balaban J connectivity index is 1.83. The summed E-state index contributed by atoms with van der Waals surface area (Å²) in [6, 6.07) is 11.3. The highest BCUT2D eigenvalue weighted by Crippen LogP contribution is 2.15. The van der Waals surface area contributed by atoms with Crippen LogP contribution in [-0.2, 0) is 0 Å². The maximum Gasteiger partial charge on any atom is 0.417 e. The first-order valence-electron chi connectivity index (χ1n) is 6.58. The second-order valence-corrected chi connectivity index (χ2v) is 4.81. The first-order chi connectivity index (χ1) is 10.5. The van der Waals surface area contributed by atoms with Crippen LogP contribution >= 0.6 is 0 Å². The van der Waals surface area contributed by atoms with Gasteiger partial charge in [-0.3, -0.25) is 14.6 Å². The molecule has 3 rings (SSSR count). The fourth-order valence-corrected chi connectivity index (χ4v) is 2.08. The average Bonchev–Trinajstić information content (AvgIpc) is 2.86. The molecule has 6 heteroatoms. The van der Waals surface area contributed by atoms with Gasteiger partial charge in [0.2, 0.25) is 0 Å². The Hall–Kier alpha value is -3.15. The Morgan fingerprint density at radius 3 is 2.41 bits per heavy atom. The minimum absolute atomic E-state index is 0.0363. The molecule has 1 heterocycles. The number of oxazole rings is 1. The summed E-state index contributed by atoms with van der Waals surface area (Å²) in [5, 5.41) is 2.72. The number of Topliss-reactive ketones (excluding diaryl/α,β-unsaturated/α-hetero) is 1. The second kappa shape index (κ2) is 5.33. The number of anilines is 1. The van der Waals surface area contributed by atoms with E-state index >= 15 is 0 Å². The molecule has 0 saturated carbocycles. The largest absolute Gasteiger partial charge is 0.417 e. The van der Waals surface area contributed by atoms with Gasteiger partial charge in [-0.1, -0.05) is 0 Å². The number of amides is 1. The fourth-order valence-electron chi connectivity index (χ4n) is 2.08. The highest BCUT2D eigenvalue weighted by atomic mass is 16.4. The van der Waals surface area contributed by atoms with Crippen molar-refractivity contribution >= 4 is 28.5 Å². The highest BCUT2D eigenvalue weighted by Gasteiger charge is 2.09. The van der Waals surface area contributed by atoms with Crippen molar-refractivity contribution in [1.29, 1.82) is 0 Å². The van der Waals surface area contributed by atoms with Crippen LogP contribution in [0.5, 0.6) is 0 Å². The van der Waals surface area contributed by atoms with E-state index in [4.69, 9.17) is 4.42 Å². The fraction of sp³-hybridized carbons (Fsp3) is 0.0625. The summed E-state index contributed by atoms with van der Waals surface area (Å²) in [5.74, 6) is -0.931. The lowest BCUT2D eigenvalue weighted by molar-refractivity contribution is 0.101. The number of hydrogen-bond acceptors (Lipinski definition) is 4. The number of fused-ring (bicyclic) bond motifs is 1. The number of carbonyl (C=O) groups is 2. The topological polar surface area (TPSA) is 92.2 Å². The molecule has 0 atom stereocenters. The zero-order valence-electron chi connectivity index (χ0n) is 11.7. The first-order valence-corrected chi connectivity index (χ1v) is 6.58. The van der Waals surface area contributed by atoms with Crippen molar-refractivity contribution in [1.82, 2.24) is 4.98 Å². The van der Waals surface area contributed by atoms with Gasteiger partial charge >= 0.3 is 5.76 Å². The maximum absolute atomic E-state index is 12.2. The Bertz CT molecular complexity index is 919. The molecule has 1 amide bonds. The molecule has 2 aromatic carbocycles. The van der Waals surface area contributed by atoms with Gasteiger partial charge in [0.1, 0.15) is 0 Å². The number of rotatable bonds is 3. The lowest BCUT2D eigenvalue weighted by Crippen LogP contribution is -2.11. The van der Waals surface area contributed by atoms with Crippen LogP contribution in [0.15, 0.2) is 51.7 Å². The lowest BCUT2D eigenvalue weighted by atomic mass is 10.1. The van der Waals surface area contributed by atoms with Crippen LogP contribution in [0.25, 0.3) is 11.1 Å². The Kier molecular flexibility index (Phi) is 3.34. The molecular weight excluding hydrogens is 284 g/mol. The molecule has 1 aromatic heterocycles. The number of aromatic nitrogens is 1. The van der Waals surface area contributed by atoms with E-state index in [9.17, 15) is 14.4 Å². The van der Waals surface area contributed by atoms with E-state index in [2.05, 4.69) is 10.3 Å². The summed E-state index contributed by atoms with van der Waals surface area (Å²) in [4.78, 5) is 37.0. The monoisotopic (exact) mass is 296 g/mol. The average molecular weight is 296 g/mol. The van der Waals surface area contributed by atoms with Gasteiger partial charge in [-0.05, 0) is 49.4 Å². The van der Waals surface area contributed by atoms with Gasteiger partial charge < -0.3 is 9.73 Å². The minimum Gasteiger partial charge on any atom is -0.408 e. The van der Waals surface area contributed by atoms with E-state index in [1.807, 2.05) is 0 Å². The van der Waals surface area contributed by atoms with Crippen molar-refractivity contribution in [2.75, 3.05) is 5.32 Å². The van der Waals surface area contributed by atoms with Gasteiger partial charge in [-0.25, -0.2) is 4.79 Å². The van der Waals surface area contributed by atoms with E-state index in [0.29, 0.717) is 27.9 Å². The summed E-state index contributed by atoms with van der Waals surface area (Å²) in [5.41, 5.74) is 2.38. The van der Waals surface area contributed by atoms with Crippen molar-refractivity contribution in [3.05, 3.63) is 64.1 Å². The summed E-state index contributed by atoms with van der Waals surface area (Å²) in [7, 11) is 0. The van der Waals surface area contributed by atoms with Crippen molar-refractivity contribution in [2.24, 2.45) is 0 Å². The smallest absolute Gasteiger partial charge is 0.408 e. The lowest BCUT2D eigenvalue weighted by Gasteiger charge is -2.05. The molecule has 0 radical (unpaired) electrons. The van der Waals surface area contributed by atoms with Gasteiger partial charge in [-0.15, -0.1) is 0 Å². The molecule has 0 aliphatic heterocycles. The minimum atomic E-state index is -0.563. The predicted octanol–water partition coefficient (Wildman–Crippen LogP) is 2.58. The molecule has 6 nitrogen and oxygen atoms in total. The summed E-state index contributed by atoms with van der Waals surface area (Å²) in [6.07, 6.45) is 0. The van der Waals surface area contributed by atoms with E-state index in [1.165, 1.54) is 13.0 Å². The highest BCUT2D eigenvalue weighted by molar-refractivity contribution is 6.06. The number of aromatic amines is 1. The molecule has 0 unspecified atom stereocenters. The van der Waals surface area contributed by atoms with Crippen LogP contribution in [0, 0.1) is 0 Å². The van der Waals surface area contributed by atoms with Crippen LogP contribution in [-0.4, -0.2) is 16.7 Å². The van der Waals surface area contributed by atoms with E-state index < -0.39 is 5.76 Å². The molecule has 2 N–H and O–H groups in total. The van der Waals surface area contributed by atoms with Crippen LogP contribution in [0.3, 0.4) is 0 Å². The van der Waals surface area contributed by atoms with Crippen molar-refractivity contribution < 1.29 is 14.0 Å². The molecule has 0 aliphatic rings. The van der Waals surface area contributed by atoms with E-state index in [-0.39, 0.29) is 11.7 Å². The van der Waals surface area contributed by atoms with Crippen molar-refractivity contribution in [3.8, 4) is 0 Å². The number of hydrogen-bond donors (Lipinski definition) is 2. The third kappa shape index (κ3) is 2.67. The Labute approximate surface area is 124 Å². The SMILES string of the molecule is CC(=O)c1ccc(NC(=O)c2ccc3[nH]c(=O)oc3c2)cc1. The van der Waals surface area contributed by atoms with Crippen molar-refractivity contribution in [3.63, 3.8) is 0 Å². The van der Waals surface area contributed by atoms with Gasteiger partial charge in [-0.2, -0.15) is 0 Å². The van der Waals surface area contributed by atoms with Crippen LogP contribution in [0.1, 0.15) is 27.6 Å². The Morgan fingerprint density at radius 2 is 1.73 bits per heavy atom. The van der Waals surface area contributed by atoms with Gasteiger partial charge in [0.15, 0.2) is 11.4 Å². The van der Waals surface area contributed by atoms with Crippen LogP contribution in [0.4, 0.5) is 5.69 Å². The number of H-pyrrole nitrogens is 1. The van der Waals surface area contributed by atoms with Gasteiger partial charge in [0, 0.05) is 16.8 Å². The predicted molar refractivity (Wildman–Crippen MR) is 81.2 cm³/mol. The van der Waals surface area contributed by atoms with Crippen LogP contribution < -0.4 is 11.1 Å². The third-order valence-electron chi connectivity index (χ3n) is 3.23. The molecule has 0 saturated heterocycles. The number of carbonyl (C=O) groups excluding carboxylic acids is 2. The standard InChI is InChI=1S/C16H12N2O4/c1-9(19)10-2-5-12(6-3-10)17-15(20)11-4-7-13-14(8-11)22-16(21)18-13/h2-8H,1H3,(H,17,20)(H,18,21). The van der Waals surface area contributed by atoms with E-state index in [1.54, 1.807) is 36.4 Å².